The summed E-state index contributed by atoms with van der Waals surface area (Å²) in [7, 11) is -2.59. The van der Waals surface area contributed by atoms with Crippen molar-refractivity contribution in [2.45, 2.75) is 70.0 Å². The Morgan fingerprint density at radius 2 is 1.62 bits per heavy atom. The number of hydrogen-bond acceptors (Lipinski definition) is 5. The predicted molar refractivity (Wildman–Crippen MR) is 165 cm³/mol. The summed E-state index contributed by atoms with van der Waals surface area (Å²) in [6.45, 7) is 5.12. The highest BCUT2D eigenvalue weighted by Crippen LogP contribution is 2.27. The molecule has 3 aromatic rings. The molecule has 1 aliphatic carbocycles. The van der Waals surface area contributed by atoms with E-state index in [0.29, 0.717) is 16.5 Å². The summed E-state index contributed by atoms with van der Waals surface area (Å²) in [6.07, 6.45) is 3.93. The van der Waals surface area contributed by atoms with E-state index in [-0.39, 0.29) is 23.4 Å². The molecule has 0 bridgehead atoms. The zero-order valence-corrected chi connectivity index (χ0v) is 26.0. The average Bonchev–Trinajstić information content (AvgIpc) is 3.49. The number of methoxy groups -OCH3 is 1. The van der Waals surface area contributed by atoms with Gasteiger partial charge in [0.15, 0.2) is 0 Å². The summed E-state index contributed by atoms with van der Waals surface area (Å²) < 4.78 is 34.3. The van der Waals surface area contributed by atoms with Gasteiger partial charge in [-0.2, -0.15) is 0 Å². The Morgan fingerprint density at radius 1 is 0.976 bits per heavy atom. The SMILES string of the molecule is COc1ccc(CN(C(=O)CN(c2ccc(C)c(C)c2)S(=O)(=O)c2ccc(Cl)cc2)[C@@H](C)C(=O)NC2CCCC2)cc1. The Hall–Kier alpha value is -3.56. The first-order valence-electron chi connectivity index (χ1n) is 14.1. The van der Waals surface area contributed by atoms with Gasteiger partial charge in [0.2, 0.25) is 11.8 Å². The minimum Gasteiger partial charge on any atom is -0.497 e. The third kappa shape index (κ3) is 7.44. The Balaban J connectivity index is 1.70. The molecule has 3 aromatic carbocycles. The van der Waals surface area contributed by atoms with E-state index in [1.165, 1.54) is 29.2 Å². The molecule has 1 fully saturated rings. The second-order valence-electron chi connectivity index (χ2n) is 10.8. The van der Waals surface area contributed by atoms with Crippen LogP contribution in [0.3, 0.4) is 0 Å². The number of hydrogen-bond donors (Lipinski definition) is 1. The third-order valence-corrected chi connectivity index (χ3v) is 9.88. The number of carbonyl (C=O) groups excluding carboxylic acids is 2. The van der Waals surface area contributed by atoms with Crippen LogP contribution in [0.5, 0.6) is 5.75 Å². The molecule has 0 radical (unpaired) electrons. The Labute approximate surface area is 253 Å². The second kappa shape index (κ2) is 13.6. The first-order valence-corrected chi connectivity index (χ1v) is 15.9. The van der Waals surface area contributed by atoms with Gasteiger partial charge >= 0.3 is 0 Å². The van der Waals surface area contributed by atoms with Crippen LogP contribution in [0.15, 0.2) is 71.6 Å². The summed E-state index contributed by atoms with van der Waals surface area (Å²) in [5.74, 6) is -0.101. The highest BCUT2D eigenvalue weighted by molar-refractivity contribution is 7.92. The number of ether oxygens (including phenoxy) is 1. The van der Waals surface area contributed by atoms with E-state index in [2.05, 4.69) is 5.32 Å². The number of halogens is 1. The minimum absolute atomic E-state index is 0.00616. The van der Waals surface area contributed by atoms with Crippen molar-refractivity contribution in [1.82, 2.24) is 10.2 Å². The lowest BCUT2D eigenvalue weighted by atomic mass is 10.1. The van der Waals surface area contributed by atoms with E-state index < -0.39 is 28.5 Å². The molecule has 42 heavy (non-hydrogen) atoms. The van der Waals surface area contributed by atoms with Crippen LogP contribution < -0.4 is 14.4 Å². The first-order chi connectivity index (χ1) is 20.0. The topological polar surface area (TPSA) is 96.0 Å². The standard InChI is InChI=1S/C32H38ClN3O5S/c1-22-9-14-28(19-23(22)2)36(42(39,40)30-17-12-26(33)13-18-30)21-31(37)35(20-25-10-15-29(41-4)16-11-25)24(3)32(38)34-27-7-5-6-8-27/h9-19,24,27H,5-8,20-21H2,1-4H3,(H,34,38)/t24-/m0/s1. The molecule has 224 valence electrons. The lowest BCUT2D eigenvalue weighted by Gasteiger charge is -2.32. The van der Waals surface area contributed by atoms with Crippen molar-refractivity contribution in [3.05, 3.63) is 88.4 Å². The molecule has 0 unspecified atom stereocenters. The van der Waals surface area contributed by atoms with Crippen LogP contribution in [0, 0.1) is 13.8 Å². The number of aryl methyl sites for hydroxylation is 2. The molecule has 0 aromatic heterocycles. The van der Waals surface area contributed by atoms with Crippen molar-refractivity contribution >= 4 is 39.1 Å². The molecule has 0 heterocycles. The van der Waals surface area contributed by atoms with Crippen molar-refractivity contribution in [2.24, 2.45) is 0 Å². The van der Waals surface area contributed by atoms with Crippen molar-refractivity contribution < 1.29 is 22.7 Å². The zero-order valence-electron chi connectivity index (χ0n) is 24.5. The largest absolute Gasteiger partial charge is 0.497 e. The summed E-state index contributed by atoms with van der Waals surface area (Å²) in [6, 6.07) is 17.6. The maximum absolute atomic E-state index is 14.1. The van der Waals surface area contributed by atoms with Crippen LogP contribution >= 0.6 is 11.6 Å². The molecule has 8 nitrogen and oxygen atoms in total. The van der Waals surface area contributed by atoms with Crippen molar-refractivity contribution in [2.75, 3.05) is 18.0 Å². The molecule has 1 N–H and O–H groups in total. The number of nitrogens with zero attached hydrogens (tertiary/aromatic N) is 2. The fraction of sp³-hybridized carbons (Fsp3) is 0.375. The average molecular weight is 612 g/mol. The fourth-order valence-electron chi connectivity index (χ4n) is 5.05. The molecular weight excluding hydrogens is 574 g/mol. The van der Waals surface area contributed by atoms with Crippen molar-refractivity contribution in [3.8, 4) is 5.75 Å². The molecular formula is C32H38ClN3O5S. The van der Waals surface area contributed by atoms with Gasteiger partial charge in [-0.1, -0.05) is 42.6 Å². The Bertz CT molecular complexity index is 1500. The predicted octanol–water partition coefficient (Wildman–Crippen LogP) is 5.64. The monoisotopic (exact) mass is 611 g/mol. The molecule has 0 spiro atoms. The quantitative estimate of drug-likeness (QED) is 0.303. The highest BCUT2D eigenvalue weighted by atomic mass is 35.5. The van der Waals surface area contributed by atoms with Crippen LogP contribution in [-0.2, 0) is 26.2 Å². The number of amides is 2. The van der Waals surface area contributed by atoms with Gasteiger partial charge in [0.05, 0.1) is 17.7 Å². The van der Waals surface area contributed by atoms with Gasteiger partial charge in [-0.3, -0.25) is 13.9 Å². The van der Waals surface area contributed by atoms with Crippen LogP contribution in [0.2, 0.25) is 5.02 Å². The highest BCUT2D eigenvalue weighted by Gasteiger charge is 2.33. The lowest BCUT2D eigenvalue weighted by Crippen LogP contribution is -2.52. The first kappa shape index (κ1) is 31.4. The molecule has 0 saturated heterocycles. The van der Waals surface area contributed by atoms with Gasteiger partial charge in [-0.05, 0) is 98.8 Å². The minimum atomic E-state index is -4.17. The molecule has 4 rings (SSSR count). The van der Waals surface area contributed by atoms with Crippen LogP contribution in [0.1, 0.15) is 49.3 Å². The van der Waals surface area contributed by atoms with Gasteiger partial charge in [-0.25, -0.2) is 8.42 Å². The van der Waals surface area contributed by atoms with E-state index in [9.17, 15) is 18.0 Å². The summed E-state index contributed by atoms with van der Waals surface area (Å²) in [4.78, 5) is 28.9. The van der Waals surface area contributed by atoms with Gasteiger partial charge in [-0.15, -0.1) is 0 Å². The van der Waals surface area contributed by atoms with Gasteiger partial charge in [0, 0.05) is 17.6 Å². The summed E-state index contributed by atoms with van der Waals surface area (Å²) >= 11 is 6.03. The number of carbonyl (C=O) groups is 2. The normalized spacial score (nSPS) is 14.3. The van der Waals surface area contributed by atoms with Crippen molar-refractivity contribution in [1.29, 1.82) is 0 Å². The van der Waals surface area contributed by atoms with E-state index in [1.54, 1.807) is 38.3 Å². The Morgan fingerprint density at radius 3 is 2.21 bits per heavy atom. The molecule has 1 saturated carbocycles. The summed E-state index contributed by atoms with van der Waals surface area (Å²) in [5, 5.41) is 3.48. The Kier molecular flexibility index (Phi) is 10.2. The van der Waals surface area contributed by atoms with Crippen LogP contribution in [-0.4, -0.2) is 50.9 Å². The van der Waals surface area contributed by atoms with E-state index >= 15 is 0 Å². The second-order valence-corrected chi connectivity index (χ2v) is 13.1. The van der Waals surface area contributed by atoms with Crippen LogP contribution in [0.25, 0.3) is 0 Å². The number of benzene rings is 3. The lowest BCUT2D eigenvalue weighted by molar-refractivity contribution is -0.139. The fourth-order valence-corrected chi connectivity index (χ4v) is 6.58. The van der Waals surface area contributed by atoms with E-state index in [0.717, 1.165) is 46.7 Å². The number of nitrogens with one attached hydrogen (secondary N) is 1. The maximum Gasteiger partial charge on any atom is 0.264 e. The third-order valence-electron chi connectivity index (χ3n) is 7.84. The van der Waals surface area contributed by atoms with Crippen LogP contribution in [0.4, 0.5) is 5.69 Å². The summed E-state index contributed by atoms with van der Waals surface area (Å²) in [5.41, 5.74) is 3.01. The zero-order chi connectivity index (χ0) is 30.4. The molecule has 0 aliphatic heterocycles. The van der Waals surface area contributed by atoms with Gasteiger partial charge in [0.1, 0.15) is 18.3 Å². The molecule has 1 atom stereocenters. The molecule has 10 heteroatoms. The van der Waals surface area contributed by atoms with Crippen molar-refractivity contribution in [3.63, 3.8) is 0 Å². The van der Waals surface area contributed by atoms with E-state index in [4.69, 9.17) is 16.3 Å². The molecule has 1 aliphatic rings. The number of sulfonamides is 1. The number of rotatable bonds is 11. The smallest absolute Gasteiger partial charge is 0.264 e. The van der Waals surface area contributed by atoms with Gasteiger partial charge < -0.3 is 15.0 Å². The molecule has 2 amide bonds. The van der Waals surface area contributed by atoms with E-state index in [1.807, 2.05) is 32.0 Å². The maximum atomic E-state index is 14.1. The number of anilines is 1. The van der Waals surface area contributed by atoms with Gasteiger partial charge in [0.25, 0.3) is 10.0 Å².